The van der Waals surface area contributed by atoms with Crippen molar-refractivity contribution in [1.82, 2.24) is 14.6 Å². The molecule has 5 rings (SSSR count). The maximum atomic E-state index is 14.7. The van der Waals surface area contributed by atoms with E-state index in [2.05, 4.69) is 5.32 Å². The van der Waals surface area contributed by atoms with Crippen LogP contribution in [0.2, 0.25) is 0 Å². The quantitative estimate of drug-likeness (QED) is 0.0897. The highest BCUT2D eigenvalue weighted by Crippen LogP contribution is 2.38. The van der Waals surface area contributed by atoms with Gasteiger partial charge in [0.15, 0.2) is 6.29 Å². The normalized spacial score (nSPS) is 13.0. The van der Waals surface area contributed by atoms with Gasteiger partial charge < -0.3 is 40.4 Å². The van der Waals surface area contributed by atoms with Crippen LogP contribution in [0.5, 0.6) is 0 Å². The number of halogens is 1. The summed E-state index contributed by atoms with van der Waals surface area (Å²) in [4.78, 5) is 41.2. The summed E-state index contributed by atoms with van der Waals surface area (Å²) in [5, 5.41) is 23.9. The number of fused-ring (bicyclic) bond motifs is 4. The van der Waals surface area contributed by atoms with E-state index in [0.29, 0.717) is 62.2 Å². The molecule has 0 aliphatic carbocycles. The average molecular weight is 603 g/mol. The highest BCUT2D eigenvalue weighted by atomic mass is 19.1. The number of methoxy groups -OCH3 is 1. The van der Waals surface area contributed by atoms with Gasteiger partial charge in [0.05, 0.1) is 42.3 Å². The van der Waals surface area contributed by atoms with E-state index in [4.69, 9.17) is 26.4 Å². The van der Waals surface area contributed by atoms with Crippen LogP contribution in [-0.4, -0.2) is 50.7 Å². The van der Waals surface area contributed by atoms with Crippen LogP contribution in [0, 0.1) is 12.7 Å². The highest BCUT2D eigenvalue weighted by molar-refractivity contribution is 5.91. The Labute approximate surface area is 251 Å². The number of pyridine rings is 2. The molecule has 3 heterocycles. The predicted octanol–water partition coefficient (Wildman–Crippen LogP) is 1.82. The van der Waals surface area contributed by atoms with Gasteiger partial charge in [0.25, 0.3) is 5.56 Å². The Morgan fingerprint density at radius 1 is 1.25 bits per heavy atom. The number of hydrazine groups is 1. The van der Waals surface area contributed by atoms with Crippen molar-refractivity contribution >= 4 is 34.5 Å². The van der Waals surface area contributed by atoms with E-state index in [1.807, 2.05) is 0 Å². The minimum Gasteiger partial charge on any atom is -0.397 e. The number of nitrogens with zero attached hydrogens (tertiary/aromatic N) is 3. The van der Waals surface area contributed by atoms with Crippen LogP contribution >= 0.6 is 0 Å². The molecule has 1 atom stereocenters. The minimum absolute atomic E-state index is 0.106. The number of ether oxygens (including phenoxy) is 1. The molecule has 1 aliphatic rings. The monoisotopic (exact) mass is 602 g/mol. The lowest BCUT2D eigenvalue weighted by molar-refractivity contribution is -0.118. The Bertz CT molecular complexity index is 1870. The van der Waals surface area contributed by atoms with Crippen molar-refractivity contribution in [2.24, 2.45) is 11.6 Å². The Balaban J connectivity index is 1.58. The van der Waals surface area contributed by atoms with Crippen molar-refractivity contribution < 1.29 is 28.9 Å². The van der Waals surface area contributed by atoms with Gasteiger partial charge >= 0.3 is 0 Å². The van der Waals surface area contributed by atoms with Crippen molar-refractivity contribution in [1.29, 1.82) is 0 Å². The Morgan fingerprint density at radius 2 is 1.98 bits per heavy atom. The molecule has 0 radical (unpaired) electrons. The molecule has 12 nitrogen and oxygen atoms in total. The molecule has 0 saturated heterocycles. The van der Waals surface area contributed by atoms with E-state index in [1.54, 1.807) is 43.3 Å². The number of anilines is 1. The summed E-state index contributed by atoms with van der Waals surface area (Å²) in [5.74, 6) is 5.44. The maximum absolute atomic E-state index is 14.7. The number of rotatable bonds is 10. The molecular weight excluding hydrogens is 571 g/mol. The third-order valence-electron chi connectivity index (χ3n) is 7.51. The molecule has 44 heavy (non-hydrogen) atoms. The summed E-state index contributed by atoms with van der Waals surface area (Å²) in [6.45, 7) is 1.12. The first-order valence-corrected chi connectivity index (χ1v) is 13.6. The number of amides is 1. The number of aromatic nitrogens is 2. The molecule has 0 fully saturated rings. The number of hydrogen-bond acceptors (Lipinski definition) is 10. The van der Waals surface area contributed by atoms with Crippen LogP contribution in [0.4, 0.5) is 10.1 Å². The number of carbonyl (C=O) groups is 2. The second kappa shape index (κ2) is 12.3. The van der Waals surface area contributed by atoms with Gasteiger partial charge in [-0.1, -0.05) is 12.1 Å². The molecule has 0 saturated carbocycles. The van der Waals surface area contributed by atoms with Crippen molar-refractivity contribution in [2.75, 3.05) is 19.0 Å². The average Bonchev–Trinajstić information content (AvgIpc) is 3.37. The molecule has 228 valence electrons. The zero-order valence-corrected chi connectivity index (χ0v) is 24.0. The van der Waals surface area contributed by atoms with Gasteiger partial charge in [0.1, 0.15) is 18.5 Å². The molecule has 7 N–H and O–H groups in total. The van der Waals surface area contributed by atoms with Crippen LogP contribution in [0.15, 0.2) is 53.5 Å². The zero-order chi connectivity index (χ0) is 31.7. The summed E-state index contributed by atoms with van der Waals surface area (Å²) < 4.78 is 21.4. The largest absolute Gasteiger partial charge is 0.397 e. The highest BCUT2D eigenvalue weighted by Gasteiger charge is 2.30. The molecule has 1 aliphatic heterocycles. The molecule has 13 heteroatoms. The lowest BCUT2D eigenvalue weighted by atomic mass is 9.98. The fourth-order valence-electron chi connectivity index (χ4n) is 5.34. The summed E-state index contributed by atoms with van der Waals surface area (Å²) in [6, 6.07) is 11.2. The van der Waals surface area contributed by atoms with Crippen molar-refractivity contribution in [3.05, 3.63) is 98.2 Å². The molecule has 0 spiro atoms. The van der Waals surface area contributed by atoms with Gasteiger partial charge in [-0.15, -0.1) is 0 Å². The van der Waals surface area contributed by atoms with E-state index < -0.39 is 30.0 Å². The van der Waals surface area contributed by atoms with E-state index in [9.17, 15) is 23.9 Å². The van der Waals surface area contributed by atoms with Crippen molar-refractivity contribution in [3.8, 4) is 11.4 Å². The maximum Gasteiger partial charge on any atom is 0.257 e. The fraction of sp³-hybridized carbons (Fsp3) is 0.226. The standard InChI is InChI=1S/C31H31FN6O6/c1-16-7-19-21(10-37(34)12-25(33)17-3-5-18(6-4-17)35-29(42)14-40)22-11-38-27(30(22)36-26(19)9-24(16)32)8-20(28(41)13-39)23(15-44-2)31(38)43/h3-9,12-13,28,40-41H,10-11,14-15,33-34H2,1-2H3,(H,35,42)/b25-12-. The van der Waals surface area contributed by atoms with Crippen LogP contribution < -0.4 is 22.5 Å². The second-order valence-corrected chi connectivity index (χ2v) is 10.4. The van der Waals surface area contributed by atoms with E-state index >= 15 is 0 Å². The number of carbonyl (C=O) groups excluding carboxylic acids is 2. The second-order valence-electron chi connectivity index (χ2n) is 10.4. The van der Waals surface area contributed by atoms with Gasteiger partial charge in [-0.2, -0.15) is 0 Å². The molecule has 4 aromatic rings. The SMILES string of the molecule is COCc1c(C(O)C=O)cc2n(c1=O)Cc1c-2nc2cc(F)c(C)cc2c1CN(N)/C=C(\N)c1ccc(NC(=O)CO)cc1. The Morgan fingerprint density at radius 3 is 2.64 bits per heavy atom. The predicted molar refractivity (Wildman–Crippen MR) is 161 cm³/mol. The lowest BCUT2D eigenvalue weighted by Gasteiger charge is -2.19. The number of benzene rings is 2. The first-order chi connectivity index (χ1) is 21.1. The number of aldehydes is 1. The smallest absolute Gasteiger partial charge is 0.257 e. The minimum atomic E-state index is -1.55. The summed E-state index contributed by atoms with van der Waals surface area (Å²) in [7, 11) is 1.41. The molecule has 1 amide bonds. The number of aryl methyl sites for hydroxylation is 1. The molecule has 2 aromatic heterocycles. The number of hydrogen-bond donors (Lipinski definition) is 5. The molecule has 1 unspecified atom stereocenters. The van der Waals surface area contributed by atoms with Gasteiger partial charge in [-0.25, -0.2) is 15.2 Å². The van der Waals surface area contributed by atoms with Crippen LogP contribution in [0.1, 0.15) is 39.5 Å². The van der Waals surface area contributed by atoms with Crippen LogP contribution in [0.3, 0.4) is 0 Å². The van der Waals surface area contributed by atoms with E-state index in [1.165, 1.54) is 29.0 Å². The van der Waals surface area contributed by atoms with Crippen molar-refractivity contribution in [2.45, 2.75) is 32.7 Å². The van der Waals surface area contributed by atoms with Gasteiger partial charge in [-0.05, 0) is 47.9 Å². The first kappa shape index (κ1) is 30.5. The Kier molecular flexibility index (Phi) is 8.56. The van der Waals surface area contributed by atoms with E-state index in [0.717, 1.165) is 0 Å². The zero-order valence-electron chi connectivity index (χ0n) is 24.0. The summed E-state index contributed by atoms with van der Waals surface area (Å²) in [5.41, 5.74) is 10.5. The number of nitrogens with two attached hydrogens (primary N) is 2. The van der Waals surface area contributed by atoms with Gasteiger partial charge in [-0.3, -0.25) is 9.59 Å². The Hall–Kier alpha value is -4.95. The van der Waals surface area contributed by atoms with Crippen LogP contribution in [0.25, 0.3) is 28.0 Å². The van der Waals surface area contributed by atoms with Crippen LogP contribution in [-0.2, 0) is 34.0 Å². The number of aliphatic hydroxyl groups is 2. The summed E-state index contributed by atoms with van der Waals surface area (Å²) >= 11 is 0. The molecular formula is C31H31FN6O6. The van der Waals surface area contributed by atoms with Gasteiger partial charge in [0.2, 0.25) is 5.91 Å². The molecule has 2 aromatic carbocycles. The van der Waals surface area contributed by atoms with Gasteiger partial charge in [0, 0.05) is 47.1 Å². The third kappa shape index (κ3) is 5.68. The number of nitrogens with one attached hydrogen (secondary N) is 1. The third-order valence-corrected chi connectivity index (χ3v) is 7.51. The lowest BCUT2D eigenvalue weighted by Crippen LogP contribution is -2.27. The molecule has 0 bridgehead atoms. The summed E-state index contributed by atoms with van der Waals surface area (Å²) in [6.07, 6.45) is 0.315. The van der Waals surface area contributed by atoms with E-state index in [-0.39, 0.29) is 30.8 Å². The fourth-order valence-corrected chi connectivity index (χ4v) is 5.34. The van der Waals surface area contributed by atoms with Crippen molar-refractivity contribution in [3.63, 3.8) is 0 Å². The first-order valence-electron chi connectivity index (χ1n) is 13.6. The number of aliphatic hydroxyl groups excluding tert-OH is 2. The topological polar surface area (TPSA) is 186 Å².